The fourth-order valence-electron chi connectivity index (χ4n) is 2.62. The van der Waals surface area contributed by atoms with Gasteiger partial charge in [-0.15, -0.1) is 0 Å². The fourth-order valence-corrected chi connectivity index (χ4v) is 2.62. The molecule has 0 aromatic heterocycles. The van der Waals surface area contributed by atoms with E-state index in [0.717, 1.165) is 22.6 Å². The average Bonchev–Trinajstić information content (AvgIpc) is 2.66. The molecule has 0 aliphatic heterocycles. The summed E-state index contributed by atoms with van der Waals surface area (Å²) in [5.41, 5.74) is 2.04. The van der Waals surface area contributed by atoms with Crippen LogP contribution in [0.15, 0.2) is 42.5 Å². The van der Waals surface area contributed by atoms with Crippen molar-refractivity contribution in [2.24, 2.45) is 0 Å². The smallest absolute Gasteiger partial charge is 0.335 e. The van der Waals surface area contributed by atoms with Crippen LogP contribution in [0.5, 0.6) is 11.5 Å². The average molecular weight is 357 g/mol. The summed E-state index contributed by atoms with van der Waals surface area (Å²) in [6.45, 7) is 0.456. The minimum absolute atomic E-state index is 0.0655. The van der Waals surface area contributed by atoms with E-state index in [2.05, 4.69) is 5.32 Å². The third kappa shape index (κ3) is 5.51. The standard InChI is InChI=1S/C20H23NO5/c1-25-17-7-8-18(26-2)15(13-17)6-9-19(22)21-11-10-14-4-3-5-16(12-14)20(23)24/h3-5,7-8,12-13H,6,9-11H2,1-2H3,(H,21,22)(H,23,24). The molecule has 2 N–H and O–H groups in total. The van der Waals surface area contributed by atoms with Crippen LogP contribution in [-0.2, 0) is 17.6 Å². The summed E-state index contributed by atoms with van der Waals surface area (Å²) >= 11 is 0. The Bertz CT molecular complexity index is 773. The van der Waals surface area contributed by atoms with Crippen molar-refractivity contribution in [1.82, 2.24) is 5.32 Å². The lowest BCUT2D eigenvalue weighted by molar-refractivity contribution is -0.121. The maximum atomic E-state index is 12.1. The Labute approximate surface area is 152 Å². The minimum Gasteiger partial charge on any atom is -0.497 e. The lowest BCUT2D eigenvalue weighted by atomic mass is 10.1. The number of rotatable bonds is 9. The number of benzene rings is 2. The quantitative estimate of drug-likeness (QED) is 0.721. The number of ether oxygens (including phenoxy) is 2. The molecule has 6 heteroatoms. The molecule has 0 aliphatic carbocycles. The van der Waals surface area contributed by atoms with Crippen LogP contribution in [0.2, 0.25) is 0 Å². The van der Waals surface area contributed by atoms with Gasteiger partial charge in [-0.3, -0.25) is 4.79 Å². The maximum absolute atomic E-state index is 12.1. The summed E-state index contributed by atoms with van der Waals surface area (Å²) in [6, 6.07) is 12.2. The summed E-state index contributed by atoms with van der Waals surface area (Å²) in [5, 5.41) is 11.9. The molecule has 0 heterocycles. The number of carbonyl (C=O) groups is 2. The van der Waals surface area contributed by atoms with E-state index in [1.54, 1.807) is 32.4 Å². The molecule has 0 bridgehead atoms. The van der Waals surface area contributed by atoms with Crippen LogP contribution in [0, 0.1) is 0 Å². The molecule has 6 nitrogen and oxygen atoms in total. The van der Waals surface area contributed by atoms with Gasteiger partial charge in [0.2, 0.25) is 5.91 Å². The van der Waals surface area contributed by atoms with Gasteiger partial charge >= 0.3 is 5.97 Å². The van der Waals surface area contributed by atoms with Crippen molar-refractivity contribution in [2.75, 3.05) is 20.8 Å². The summed E-state index contributed by atoms with van der Waals surface area (Å²) in [4.78, 5) is 23.0. The minimum atomic E-state index is -0.955. The number of carboxylic acid groups (broad SMARTS) is 1. The second-order valence-electron chi connectivity index (χ2n) is 5.78. The number of nitrogens with one attached hydrogen (secondary N) is 1. The summed E-state index contributed by atoms with van der Waals surface area (Å²) in [5.74, 6) is 0.427. The van der Waals surface area contributed by atoms with Crippen LogP contribution in [0.3, 0.4) is 0 Å². The number of amides is 1. The zero-order valence-corrected chi connectivity index (χ0v) is 15.0. The number of hydrogen-bond donors (Lipinski definition) is 2. The Kier molecular flexibility index (Phi) is 7.02. The first-order chi connectivity index (χ1) is 12.5. The Morgan fingerprint density at radius 3 is 2.54 bits per heavy atom. The predicted molar refractivity (Wildman–Crippen MR) is 98.0 cm³/mol. The Morgan fingerprint density at radius 1 is 1.04 bits per heavy atom. The van der Waals surface area contributed by atoms with Crippen LogP contribution in [0.1, 0.15) is 27.9 Å². The number of aryl methyl sites for hydroxylation is 1. The molecule has 0 aliphatic rings. The van der Waals surface area contributed by atoms with Crippen LogP contribution in [-0.4, -0.2) is 37.7 Å². The van der Waals surface area contributed by atoms with Gasteiger partial charge in [0, 0.05) is 13.0 Å². The lowest BCUT2D eigenvalue weighted by Gasteiger charge is -2.11. The van der Waals surface area contributed by atoms with Crippen molar-refractivity contribution in [1.29, 1.82) is 0 Å². The Hall–Kier alpha value is -3.02. The van der Waals surface area contributed by atoms with Crippen LogP contribution < -0.4 is 14.8 Å². The molecule has 0 fully saturated rings. The zero-order chi connectivity index (χ0) is 18.9. The van der Waals surface area contributed by atoms with E-state index in [-0.39, 0.29) is 11.5 Å². The van der Waals surface area contributed by atoms with Crippen LogP contribution in [0.4, 0.5) is 0 Å². The summed E-state index contributed by atoms with van der Waals surface area (Å²) in [7, 11) is 3.19. The number of aromatic carboxylic acids is 1. The molecule has 2 aromatic carbocycles. The number of methoxy groups -OCH3 is 2. The first-order valence-corrected chi connectivity index (χ1v) is 8.33. The molecule has 2 rings (SSSR count). The van der Waals surface area contributed by atoms with E-state index in [1.165, 1.54) is 0 Å². The highest BCUT2D eigenvalue weighted by Crippen LogP contribution is 2.25. The predicted octanol–water partition coefficient (Wildman–Crippen LogP) is 2.69. The van der Waals surface area contributed by atoms with Gasteiger partial charge in [0.1, 0.15) is 11.5 Å². The molecule has 0 saturated carbocycles. The van der Waals surface area contributed by atoms with Crippen molar-refractivity contribution in [3.63, 3.8) is 0 Å². The van der Waals surface area contributed by atoms with Gasteiger partial charge in [-0.05, 0) is 54.3 Å². The number of hydrogen-bond acceptors (Lipinski definition) is 4. The highest BCUT2D eigenvalue weighted by molar-refractivity contribution is 5.87. The van der Waals surface area contributed by atoms with Crippen molar-refractivity contribution in [2.45, 2.75) is 19.3 Å². The molecule has 1 amide bonds. The summed E-state index contributed by atoms with van der Waals surface area (Å²) < 4.78 is 10.5. The van der Waals surface area contributed by atoms with Crippen molar-refractivity contribution in [3.8, 4) is 11.5 Å². The Morgan fingerprint density at radius 2 is 1.85 bits per heavy atom. The normalized spacial score (nSPS) is 10.2. The third-order valence-corrected chi connectivity index (χ3v) is 4.02. The molecule has 2 aromatic rings. The third-order valence-electron chi connectivity index (χ3n) is 4.02. The highest BCUT2D eigenvalue weighted by Gasteiger charge is 2.09. The summed E-state index contributed by atoms with van der Waals surface area (Å²) in [6.07, 6.45) is 1.45. The molecule has 0 radical (unpaired) electrons. The fraction of sp³-hybridized carbons (Fsp3) is 0.300. The lowest BCUT2D eigenvalue weighted by Crippen LogP contribution is -2.26. The number of carbonyl (C=O) groups excluding carboxylic acids is 1. The molecular weight excluding hydrogens is 334 g/mol. The monoisotopic (exact) mass is 357 g/mol. The van der Waals surface area contributed by atoms with E-state index in [9.17, 15) is 9.59 Å². The van der Waals surface area contributed by atoms with Gasteiger partial charge in [0.25, 0.3) is 0 Å². The largest absolute Gasteiger partial charge is 0.497 e. The van der Waals surface area contributed by atoms with Gasteiger partial charge in [-0.2, -0.15) is 0 Å². The second-order valence-corrected chi connectivity index (χ2v) is 5.78. The topological polar surface area (TPSA) is 84.9 Å². The maximum Gasteiger partial charge on any atom is 0.335 e. The first kappa shape index (κ1) is 19.3. The second kappa shape index (κ2) is 9.46. The molecular formula is C20H23NO5. The highest BCUT2D eigenvalue weighted by atomic mass is 16.5. The van der Waals surface area contributed by atoms with Crippen molar-refractivity contribution >= 4 is 11.9 Å². The van der Waals surface area contributed by atoms with E-state index in [1.807, 2.05) is 24.3 Å². The molecule has 26 heavy (non-hydrogen) atoms. The molecule has 138 valence electrons. The van der Waals surface area contributed by atoms with E-state index in [4.69, 9.17) is 14.6 Å². The molecule has 0 atom stereocenters. The zero-order valence-electron chi connectivity index (χ0n) is 15.0. The van der Waals surface area contributed by atoms with Gasteiger partial charge in [0.15, 0.2) is 0 Å². The van der Waals surface area contributed by atoms with Gasteiger partial charge in [-0.1, -0.05) is 12.1 Å². The van der Waals surface area contributed by atoms with Crippen molar-refractivity contribution < 1.29 is 24.2 Å². The Balaban J connectivity index is 1.82. The van der Waals surface area contributed by atoms with Crippen LogP contribution in [0.25, 0.3) is 0 Å². The van der Waals surface area contributed by atoms with E-state index in [0.29, 0.717) is 25.8 Å². The van der Waals surface area contributed by atoms with Gasteiger partial charge in [-0.25, -0.2) is 4.79 Å². The first-order valence-electron chi connectivity index (χ1n) is 8.33. The molecule has 0 saturated heterocycles. The van der Waals surface area contributed by atoms with Gasteiger partial charge < -0.3 is 19.9 Å². The van der Waals surface area contributed by atoms with Gasteiger partial charge in [0.05, 0.1) is 19.8 Å². The molecule has 0 unspecified atom stereocenters. The molecule has 0 spiro atoms. The van der Waals surface area contributed by atoms with E-state index < -0.39 is 5.97 Å². The SMILES string of the molecule is COc1ccc(OC)c(CCC(=O)NCCc2cccc(C(=O)O)c2)c1. The van der Waals surface area contributed by atoms with Crippen LogP contribution >= 0.6 is 0 Å². The van der Waals surface area contributed by atoms with Crippen molar-refractivity contribution in [3.05, 3.63) is 59.2 Å². The van der Waals surface area contributed by atoms with E-state index >= 15 is 0 Å². The number of carboxylic acids is 1.